The Morgan fingerprint density at radius 1 is 1.00 bits per heavy atom. The standard InChI is InChI=1S/C15H28N6O.Y/c1-10-13(8-18(4)11(2)20(10)6)16-17-14-9-19(5)12(3)21(7)15(14)22;/h11-12,16H,8-9H2,1-7H3;. The maximum absolute atomic E-state index is 12.3. The normalized spacial score (nSPS) is 29.2. The molecule has 2 rings (SSSR count). The minimum atomic E-state index is -0.0118. The van der Waals surface area contributed by atoms with Crippen molar-refractivity contribution in [1.82, 2.24) is 25.0 Å². The average Bonchev–Trinajstić information content (AvgIpc) is 2.49. The predicted octanol–water partition coefficient (Wildman–Crippen LogP) is 0.134. The first kappa shape index (κ1) is 20.5. The van der Waals surface area contributed by atoms with Gasteiger partial charge in [0.05, 0.1) is 18.0 Å². The van der Waals surface area contributed by atoms with Crippen LogP contribution in [0.2, 0.25) is 0 Å². The second kappa shape index (κ2) is 8.05. The van der Waals surface area contributed by atoms with Crippen molar-refractivity contribution < 1.29 is 37.5 Å². The van der Waals surface area contributed by atoms with Gasteiger partial charge in [-0.05, 0) is 34.9 Å². The molecule has 0 spiro atoms. The Hall–Kier alpha value is -0.496. The summed E-state index contributed by atoms with van der Waals surface area (Å²) in [6, 6.07) is 0. The summed E-state index contributed by atoms with van der Waals surface area (Å²) in [7, 11) is 7.96. The van der Waals surface area contributed by atoms with Crippen LogP contribution in [-0.4, -0.2) is 84.8 Å². The summed E-state index contributed by atoms with van der Waals surface area (Å²) in [6.07, 6.45) is 0.452. The van der Waals surface area contributed by atoms with Crippen LogP contribution in [0.3, 0.4) is 0 Å². The summed E-state index contributed by atoms with van der Waals surface area (Å²) in [6.45, 7) is 7.62. The van der Waals surface area contributed by atoms with E-state index in [-0.39, 0.29) is 44.8 Å². The third kappa shape index (κ3) is 4.13. The van der Waals surface area contributed by atoms with E-state index >= 15 is 0 Å². The first-order chi connectivity index (χ1) is 10.2. The second-order valence-corrected chi connectivity index (χ2v) is 6.36. The zero-order valence-electron chi connectivity index (χ0n) is 15.3. The number of carbonyl (C=O) groups is 1. The van der Waals surface area contributed by atoms with E-state index in [0.29, 0.717) is 18.4 Å². The molecule has 2 aliphatic heterocycles. The molecule has 8 heteroatoms. The van der Waals surface area contributed by atoms with Crippen molar-refractivity contribution in [1.29, 1.82) is 0 Å². The molecule has 23 heavy (non-hydrogen) atoms. The fourth-order valence-electron chi connectivity index (χ4n) is 2.72. The number of rotatable bonds is 2. The number of amides is 1. The molecule has 1 saturated heterocycles. The summed E-state index contributed by atoms with van der Waals surface area (Å²) in [5.41, 5.74) is 5.86. The molecule has 0 bridgehead atoms. The van der Waals surface area contributed by atoms with Crippen LogP contribution in [0.4, 0.5) is 0 Å². The fourth-order valence-corrected chi connectivity index (χ4v) is 2.72. The van der Waals surface area contributed by atoms with E-state index in [1.807, 2.05) is 21.0 Å². The molecule has 7 nitrogen and oxygen atoms in total. The van der Waals surface area contributed by atoms with Gasteiger partial charge in [0.1, 0.15) is 5.71 Å². The Bertz CT molecular complexity index is 520. The molecule has 0 aromatic carbocycles. The van der Waals surface area contributed by atoms with Crippen LogP contribution in [0, 0.1) is 0 Å². The maximum Gasteiger partial charge on any atom is 0.272 e. The molecule has 2 atom stereocenters. The number of allylic oxidation sites excluding steroid dienone is 1. The summed E-state index contributed by atoms with van der Waals surface area (Å²) >= 11 is 0. The van der Waals surface area contributed by atoms with E-state index in [1.54, 1.807) is 4.90 Å². The minimum Gasteiger partial charge on any atom is -0.361 e. The summed E-state index contributed by atoms with van der Waals surface area (Å²) in [5, 5.41) is 4.39. The van der Waals surface area contributed by atoms with Gasteiger partial charge in [0.15, 0.2) is 0 Å². The SMILES string of the molecule is CC1=C(NN=C2CN(C)C(C)N(C)C2=O)CN(C)C(C)N1C.[Y]. The van der Waals surface area contributed by atoms with Crippen LogP contribution in [0.15, 0.2) is 16.5 Å². The Balaban J connectivity index is 0.00000264. The van der Waals surface area contributed by atoms with Crippen molar-refractivity contribution in [3.05, 3.63) is 11.4 Å². The van der Waals surface area contributed by atoms with Crippen LogP contribution in [0.1, 0.15) is 20.8 Å². The van der Waals surface area contributed by atoms with Crippen LogP contribution in [0.25, 0.3) is 0 Å². The maximum atomic E-state index is 12.3. The summed E-state index contributed by atoms with van der Waals surface area (Å²) in [4.78, 5) is 20.6. The third-order valence-corrected chi connectivity index (χ3v) is 5.06. The van der Waals surface area contributed by atoms with E-state index in [1.165, 1.54) is 0 Å². The molecule has 0 aliphatic carbocycles. The summed E-state index contributed by atoms with van der Waals surface area (Å²) in [5.74, 6) is -0.0118. The summed E-state index contributed by atoms with van der Waals surface area (Å²) < 4.78 is 0. The van der Waals surface area contributed by atoms with Gasteiger partial charge in [0, 0.05) is 65.6 Å². The van der Waals surface area contributed by atoms with Crippen LogP contribution < -0.4 is 5.43 Å². The molecule has 0 aromatic rings. The molecule has 1 amide bonds. The molecule has 127 valence electrons. The number of likely N-dealkylation sites (N-methyl/N-ethyl adjacent to an activating group) is 1. The Morgan fingerprint density at radius 2 is 1.52 bits per heavy atom. The third-order valence-electron chi connectivity index (χ3n) is 5.06. The van der Waals surface area contributed by atoms with Crippen LogP contribution in [-0.2, 0) is 37.5 Å². The number of hydrogen-bond acceptors (Lipinski definition) is 6. The van der Waals surface area contributed by atoms with E-state index < -0.39 is 0 Å². The zero-order chi connectivity index (χ0) is 16.6. The van der Waals surface area contributed by atoms with E-state index in [9.17, 15) is 4.79 Å². The van der Waals surface area contributed by atoms with Crippen molar-refractivity contribution in [3.8, 4) is 0 Å². The monoisotopic (exact) mass is 397 g/mol. The molecular formula is C15H28N6OY. The minimum absolute atomic E-state index is 0. The molecule has 0 aromatic heterocycles. The second-order valence-electron chi connectivity index (χ2n) is 6.36. The quantitative estimate of drug-likeness (QED) is 0.672. The molecule has 1 N–H and O–H groups in total. The Labute approximate surface area is 164 Å². The zero-order valence-corrected chi connectivity index (χ0v) is 18.1. The van der Waals surface area contributed by atoms with E-state index in [2.05, 4.69) is 53.2 Å². The first-order valence-electron chi connectivity index (χ1n) is 7.66. The smallest absolute Gasteiger partial charge is 0.272 e. The average molecular weight is 397 g/mol. The van der Waals surface area contributed by atoms with Crippen LogP contribution in [0.5, 0.6) is 0 Å². The van der Waals surface area contributed by atoms with Crippen molar-refractivity contribution in [3.63, 3.8) is 0 Å². The number of hydrazone groups is 1. The molecule has 0 saturated carbocycles. The van der Waals surface area contributed by atoms with Gasteiger partial charge >= 0.3 is 0 Å². The van der Waals surface area contributed by atoms with Gasteiger partial charge < -0.3 is 9.80 Å². The predicted molar refractivity (Wildman–Crippen MR) is 88.0 cm³/mol. The van der Waals surface area contributed by atoms with E-state index in [0.717, 1.165) is 17.9 Å². The van der Waals surface area contributed by atoms with Crippen LogP contribution >= 0.6 is 0 Å². The number of nitrogens with one attached hydrogen (secondary N) is 1. The van der Waals surface area contributed by atoms with Crippen molar-refractivity contribution in [2.24, 2.45) is 5.10 Å². The molecule has 1 radical (unpaired) electrons. The Kier molecular flexibility index (Phi) is 7.20. The van der Waals surface area contributed by atoms with Gasteiger partial charge in [-0.1, -0.05) is 0 Å². The topological polar surface area (TPSA) is 54.4 Å². The van der Waals surface area contributed by atoms with Gasteiger partial charge in [-0.25, -0.2) is 0 Å². The van der Waals surface area contributed by atoms with Crippen molar-refractivity contribution in [2.75, 3.05) is 41.3 Å². The van der Waals surface area contributed by atoms with Gasteiger partial charge in [-0.15, -0.1) is 0 Å². The molecular weight excluding hydrogens is 369 g/mol. The van der Waals surface area contributed by atoms with Gasteiger partial charge in [-0.2, -0.15) is 5.10 Å². The number of hydrogen-bond donors (Lipinski definition) is 1. The first-order valence-corrected chi connectivity index (χ1v) is 7.66. The van der Waals surface area contributed by atoms with Gasteiger partial charge in [0.2, 0.25) is 0 Å². The fraction of sp³-hybridized carbons (Fsp3) is 0.733. The van der Waals surface area contributed by atoms with Gasteiger partial charge in [-0.3, -0.25) is 20.0 Å². The Morgan fingerprint density at radius 3 is 2.13 bits per heavy atom. The van der Waals surface area contributed by atoms with Crippen molar-refractivity contribution >= 4 is 11.6 Å². The molecule has 2 heterocycles. The van der Waals surface area contributed by atoms with E-state index in [4.69, 9.17) is 0 Å². The van der Waals surface area contributed by atoms with Gasteiger partial charge in [0.25, 0.3) is 5.91 Å². The molecule has 2 aliphatic rings. The van der Waals surface area contributed by atoms with Crippen molar-refractivity contribution in [2.45, 2.75) is 33.1 Å². The molecule has 2 unspecified atom stereocenters. The largest absolute Gasteiger partial charge is 0.361 e. The molecule has 1 fully saturated rings. The number of nitrogens with zero attached hydrogens (tertiary/aromatic N) is 5. The number of carbonyl (C=O) groups excluding carboxylic acids is 1.